The van der Waals surface area contributed by atoms with Gasteiger partial charge in [-0.25, -0.2) is 4.79 Å². The Morgan fingerprint density at radius 1 is 1.25 bits per heavy atom. The van der Waals surface area contributed by atoms with Gasteiger partial charge in [0.05, 0.1) is 7.11 Å². The minimum absolute atomic E-state index is 0.0439. The Labute approximate surface area is 121 Å². The van der Waals surface area contributed by atoms with E-state index in [0.717, 1.165) is 32.4 Å². The SMILES string of the molecule is CCC(CC)(NC(=O)CCC1CCNCC1)C(=O)OC. The highest BCUT2D eigenvalue weighted by Crippen LogP contribution is 2.20. The van der Waals surface area contributed by atoms with Crippen LogP contribution in [0.1, 0.15) is 52.4 Å². The topological polar surface area (TPSA) is 67.4 Å². The zero-order valence-electron chi connectivity index (χ0n) is 13.0. The molecule has 20 heavy (non-hydrogen) atoms. The van der Waals surface area contributed by atoms with Crippen LogP contribution in [-0.2, 0) is 14.3 Å². The first-order chi connectivity index (χ1) is 9.57. The van der Waals surface area contributed by atoms with E-state index in [-0.39, 0.29) is 11.9 Å². The number of esters is 1. The van der Waals surface area contributed by atoms with Gasteiger partial charge in [0.1, 0.15) is 5.54 Å². The number of carbonyl (C=O) groups excluding carboxylic acids is 2. The molecule has 0 atom stereocenters. The van der Waals surface area contributed by atoms with Crippen molar-refractivity contribution < 1.29 is 14.3 Å². The summed E-state index contributed by atoms with van der Waals surface area (Å²) in [5, 5.41) is 6.21. The van der Waals surface area contributed by atoms with E-state index < -0.39 is 5.54 Å². The van der Waals surface area contributed by atoms with Crippen LogP contribution in [0, 0.1) is 5.92 Å². The van der Waals surface area contributed by atoms with Crippen LogP contribution in [0.2, 0.25) is 0 Å². The lowest BCUT2D eigenvalue weighted by molar-refractivity contribution is -0.151. The zero-order chi connectivity index (χ0) is 15.0. The summed E-state index contributed by atoms with van der Waals surface area (Å²) in [4.78, 5) is 24.0. The molecule has 1 aliphatic heterocycles. The third kappa shape index (κ3) is 4.47. The Balaban J connectivity index is 2.47. The first-order valence-electron chi connectivity index (χ1n) is 7.68. The van der Waals surface area contributed by atoms with E-state index in [1.165, 1.54) is 7.11 Å². The third-order valence-corrected chi connectivity index (χ3v) is 4.40. The van der Waals surface area contributed by atoms with Crippen LogP contribution in [0.5, 0.6) is 0 Å². The molecule has 0 aromatic heterocycles. The van der Waals surface area contributed by atoms with Gasteiger partial charge < -0.3 is 15.4 Å². The van der Waals surface area contributed by atoms with Gasteiger partial charge in [0.25, 0.3) is 0 Å². The standard InChI is InChI=1S/C15H28N2O3/c1-4-15(5-2,14(19)20-3)17-13(18)7-6-12-8-10-16-11-9-12/h12,16H,4-11H2,1-3H3,(H,17,18). The molecule has 0 radical (unpaired) electrons. The van der Waals surface area contributed by atoms with Crippen molar-refractivity contribution in [3.8, 4) is 0 Å². The molecule has 1 amide bonds. The highest BCUT2D eigenvalue weighted by Gasteiger charge is 2.37. The molecule has 1 fully saturated rings. The fraction of sp³-hybridized carbons (Fsp3) is 0.867. The third-order valence-electron chi connectivity index (χ3n) is 4.40. The number of methoxy groups -OCH3 is 1. The number of hydrogen-bond donors (Lipinski definition) is 2. The minimum Gasteiger partial charge on any atom is -0.467 e. The quantitative estimate of drug-likeness (QED) is 0.697. The second-order valence-electron chi connectivity index (χ2n) is 5.56. The molecule has 0 aliphatic carbocycles. The van der Waals surface area contributed by atoms with Crippen molar-refractivity contribution in [2.75, 3.05) is 20.2 Å². The van der Waals surface area contributed by atoms with Crippen LogP contribution in [-0.4, -0.2) is 37.6 Å². The summed E-state index contributed by atoms with van der Waals surface area (Å²) < 4.78 is 4.83. The van der Waals surface area contributed by atoms with Gasteiger partial charge in [-0.05, 0) is 51.1 Å². The Morgan fingerprint density at radius 2 is 1.85 bits per heavy atom. The average molecular weight is 284 g/mol. The van der Waals surface area contributed by atoms with Gasteiger partial charge in [0.15, 0.2) is 0 Å². The predicted molar refractivity (Wildman–Crippen MR) is 78.3 cm³/mol. The molecule has 0 saturated carbocycles. The summed E-state index contributed by atoms with van der Waals surface area (Å²) >= 11 is 0. The van der Waals surface area contributed by atoms with Crippen molar-refractivity contribution >= 4 is 11.9 Å². The molecule has 2 N–H and O–H groups in total. The van der Waals surface area contributed by atoms with Gasteiger partial charge in [0, 0.05) is 6.42 Å². The van der Waals surface area contributed by atoms with E-state index in [1.54, 1.807) is 0 Å². The van der Waals surface area contributed by atoms with Crippen molar-refractivity contribution in [2.45, 2.75) is 57.9 Å². The van der Waals surface area contributed by atoms with E-state index in [4.69, 9.17) is 4.74 Å². The second kappa shape index (κ2) is 8.25. The summed E-state index contributed by atoms with van der Waals surface area (Å²) in [6.45, 7) is 5.88. The largest absolute Gasteiger partial charge is 0.467 e. The van der Waals surface area contributed by atoms with Crippen LogP contribution >= 0.6 is 0 Å². The summed E-state index contributed by atoms with van der Waals surface area (Å²) in [5.41, 5.74) is -0.861. The molecular weight excluding hydrogens is 256 g/mol. The smallest absolute Gasteiger partial charge is 0.331 e. The molecule has 0 spiro atoms. The lowest BCUT2D eigenvalue weighted by Gasteiger charge is -2.30. The number of ether oxygens (including phenoxy) is 1. The maximum atomic E-state index is 12.1. The van der Waals surface area contributed by atoms with Crippen molar-refractivity contribution in [3.63, 3.8) is 0 Å². The molecule has 116 valence electrons. The van der Waals surface area contributed by atoms with Gasteiger partial charge in [-0.3, -0.25) is 4.79 Å². The number of rotatable bonds is 7. The van der Waals surface area contributed by atoms with E-state index >= 15 is 0 Å². The molecule has 0 aromatic carbocycles. The van der Waals surface area contributed by atoms with Gasteiger partial charge in [-0.15, -0.1) is 0 Å². The molecule has 1 aliphatic rings. The number of amides is 1. The van der Waals surface area contributed by atoms with E-state index in [0.29, 0.717) is 25.2 Å². The number of hydrogen-bond acceptors (Lipinski definition) is 4. The van der Waals surface area contributed by atoms with Crippen LogP contribution in [0.4, 0.5) is 0 Å². The van der Waals surface area contributed by atoms with Crippen molar-refractivity contribution in [3.05, 3.63) is 0 Å². The number of nitrogens with one attached hydrogen (secondary N) is 2. The summed E-state index contributed by atoms with van der Waals surface area (Å²) in [7, 11) is 1.36. The highest BCUT2D eigenvalue weighted by atomic mass is 16.5. The van der Waals surface area contributed by atoms with Gasteiger partial charge in [-0.1, -0.05) is 13.8 Å². The van der Waals surface area contributed by atoms with Gasteiger partial charge in [-0.2, -0.15) is 0 Å². The van der Waals surface area contributed by atoms with Crippen LogP contribution in [0.15, 0.2) is 0 Å². The lowest BCUT2D eigenvalue weighted by atomic mass is 9.91. The fourth-order valence-electron chi connectivity index (χ4n) is 2.80. The maximum Gasteiger partial charge on any atom is 0.331 e. The minimum atomic E-state index is -0.861. The molecule has 0 bridgehead atoms. The van der Waals surface area contributed by atoms with Crippen LogP contribution < -0.4 is 10.6 Å². The molecular formula is C15H28N2O3. The maximum absolute atomic E-state index is 12.1. The Bertz CT molecular complexity index is 321. The molecule has 0 aromatic rings. The zero-order valence-corrected chi connectivity index (χ0v) is 13.0. The normalized spacial score (nSPS) is 16.8. The molecule has 1 saturated heterocycles. The average Bonchev–Trinajstić information content (AvgIpc) is 2.51. The van der Waals surface area contributed by atoms with Crippen molar-refractivity contribution in [2.24, 2.45) is 5.92 Å². The number of piperidine rings is 1. The number of carbonyl (C=O) groups is 2. The predicted octanol–water partition coefficient (Wildman–Crippen LogP) is 1.61. The van der Waals surface area contributed by atoms with E-state index in [1.807, 2.05) is 13.8 Å². The summed E-state index contributed by atoms with van der Waals surface area (Å²) in [6.07, 6.45) is 4.76. The van der Waals surface area contributed by atoms with Crippen molar-refractivity contribution in [1.82, 2.24) is 10.6 Å². The monoisotopic (exact) mass is 284 g/mol. The first kappa shape index (κ1) is 17.0. The first-order valence-corrected chi connectivity index (χ1v) is 7.68. The molecule has 1 heterocycles. The second-order valence-corrected chi connectivity index (χ2v) is 5.56. The molecule has 5 nitrogen and oxygen atoms in total. The van der Waals surface area contributed by atoms with Crippen molar-refractivity contribution in [1.29, 1.82) is 0 Å². The fourth-order valence-corrected chi connectivity index (χ4v) is 2.80. The molecule has 0 unspecified atom stereocenters. The van der Waals surface area contributed by atoms with Crippen LogP contribution in [0.3, 0.4) is 0 Å². The Hall–Kier alpha value is -1.10. The van der Waals surface area contributed by atoms with Gasteiger partial charge in [0.2, 0.25) is 5.91 Å². The van der Waals surface area contributed by atoms with E-state index in [9.17, 15) is 9.59 Å². The molecule has 5 heteroatoms. The summed E-state index contributed by atoms with van der Waals surface area (Å²) in [5.74, 6) is 0.230. The molecule has 1 rings (SSSR count). The van der Waals surface area contributed by atoms with E-state index in [2.05, 4.69) is 10.6 Å². The van der Waals surface area contributed by atoms with Crippen LogP contribution in [0.25, 0.3) is 0 Å². The Morgan fingerprint density at radius 3 is 2.35 bits per heavy atom. The summed E-state index contributed by atoms with van der Waals surface area (Å²) in [6, 6.07) is 0. The highest BCUT2D eigenvalue weighted by molar-refractivity contribution is 5.87. The van der Waals surface area contributed by atoms with Gasteiger partial charge >= 0.3 is 5.97 Å². The Kier molecular flexibility index (Phi) is 6.99. The lowest BCUT2D eigenvalue weighted by Crippen LogP contribution is -2.54.